The molecule has 0 fully saturated rings. The van der Waals surface area contributed by atoms with Gasteiger partial charge in [0.15, 0.2) is 0 Å². The average Bonchev–Trinajstić information content (AvgIpc) is 3.50. The number of hydrogen-bond donors (Lipinski definition) is 4. The number of likely N-dealkylation sites (N-methyl/N-ethyl adjacent to an activating group) is 1. The number of carbonyl (C=O) groups excluding carboxylic acids is 2. The van der Waals surface area contributed by atoms with Crippen molar-refractivity contribution < 1.29 is 9.59 Å². The van der Waals surface area contributed by atoms with Gasteiger partial charge < -0.3 is 25.9 Å². The number of aromatic amines is 2. The van der Waals surface area contributed by atoms with Crippen LogP contribution in [0.2, 0.25) is 0 Å². The van der Waals surface area contributed by atoms with Gasteiger partial charge in [0.25, 0.3) is 0 Å². The van der Waals surface area contributed by atoms with Gasteiger partial charge in [-0.1, -0.05) is 49.2 Å². The summed E-state index contributed by atoms with van der Waals surface area (Å²) in [5.41, 5.74) is 9.89. The molecule has 7 nitrogen and oxygen atoms in total. The van der Waals surface area contributed by atoms with E-state index in [1.807, 2.05) is 55.8 Å². The smallest absolute Gasteiger partial charge is 0.245 e. The number of H-pyrrole nitrogens is 2. The van der Waals surface area contributed by atoms with Crippen molar-refractivity contribution in [1.82, 2.24) is 20.2 Å². The first kappa shape index (κ1) is 25.5. The van der Waals surface area contributed by atoms with Crippen LogP contribution in [0.15, 0.2) is 60.9 Å². The summed E-state index contributed by atoms with van der Waals surface area (Å²) in [7, 11) is 1.82. The van der Waals surface area contributed by atoms with Crippen LogP contribution in [0.25, 0.3) is 21.8 Å². The van der Waals surface area contributed by atoms with Crippen molar-refractivity contribution in [2.24, 2.45) is 5.73 Å². The highest BCUT2D eigenvalue weighted by Crippen LogP contribution is 2.21. The van der Waals surface area contributed by atoms with E-state index in [4.69, 9.17) is 5.73 Å². The number of nitrogens with one attached hydrogen (secondary N) is 3. The van der Waals surface area contributed by atoms with Gasteiger partial charge in [0.1, 0.15) is 6.04 Å². The molecule has 0 radical (unpaired) electrons. The normalized spacial score (nSPS) is 12.2. The summed E-state index contributed by atoms with van der Waals surface area (Å²) < 4.78 is 0. The Kier molecular flexibility index (Phi) is 8.79. The Labute approximate surface area is 212 Å². The molecule has 2 heterocycles. The molecule has 4 rings (SSSR count). The number of carbonyl (C=O) groups is 2. The van der Waals surface area contributed by atoms with E-state index in [1.54, 1.807) is 4.90 Å². The first-order chi connectivity index (χ1) is 17.6. The molecule has 2 aromatic heterocycles. The van der Waals surface area contributed by atoms with E-state index in [2.05, 4.69) is 27.4 Å². The number of unbranched alkanes of at least 4 members (excludes halogenated alkanes) is 3. The van der Waals surface area contributed by atoms with Crippen molar-refractivity contribution in [3.8, 4) is 0 Å². The molecular weight excluding hydrogens is 450 g/mol. The molecule has 2 aromatic carbocycles. The lowest BCUT2D eigenvalue weighted by atomic mass is 10.0. The third kappa shape index (κ3) is 6.34. The fourth-order valence-corrected chi connectivity index (χ4v) is 4.77. The second kappa shape index (κ2) is 12.4. The minimum Gasteiger partial charge on any atom is -0.361 e. The lowest BCUT2D eigenvalue weighted by molar-refractivity contribution is -0.135. The van der Waals surface area contributed by atoms with E-state index < -0.39 is 6.04 Å². The second-order valence-electron chi connectivity index (χ2n) is 9.51. The number of para-hydroxylation sites is 2. The zero-order chi connectivity index (χ0) is 25.3. The van der Waals surface area contributed by atoms with Crippen molar-refractivity contribution in [2.45, 2.75) is 51.0 Å². The predicted molar refractivity (Wildman–Crippen MR) is 146 cm³/mol. The molecule has 1 unspecified atom stereocenters. The molecule has 2 amide bonds. The molecule has 0 saturated carbocycles. The van der Waals surface area contributed by atoms with E-state index in [9.17, 15) is 9.59 Å². The largest absolute Gasteiger partial charge is 0.361 e. The van der Waals surface area contributed by atoms with Crippen LogP contribution in [-0.2, 0) is 22.4 Å². The van der Waals surface area contributed by atoms with Crippen LogP contribution in [0.1, 0.15) is 43.2 Å². The van der Waals surface area contributed by atoms with Crippen molar-refractivity contribution in [1.29, 1.82) is 0 Å². The number of nitrogens with two attached hydrogens (primary N) is 1. The fourth-order valence-electron chi connectivity index (χ4n) is 4.77. The van der Waals surface area contributed by atoms with Crippen molar-refractivity contribution in [3.63, 3.8) is 0 Å². The van der Waals surface area contributed by atoms with Gasteiger partial charge in [-0.3, -0.25) is 9.59 Å². The van der Waals surface area contributed by atoms with E-state index in [-0.39, 0.29) is 11.8 Å². The summed E-state index contributed by atoms with van der Waals surface area (Å²) in [6.45, 7) is 1.25. The number of amides is 2. The highest BCUT2D eigenvalue weighted by atomic mass is 16.2. The Morgan fingerprint density at radius 1 is 0.889 bits per heavy atom. The number of fused-ring (bicyclic) bond motifs is 2. The Morgan fingerprint density at radius 2 is 1.50 bits per heavy atom. The van der Waals surface area contributed by atoms with E-state index in [1.165, 1.54) is 10.9 Å². The molecule has 190 valence electrons. The van der Waals surface area contributed by atoms with Gasteiger partial charge in [0.2, 0.25) is 11.8 Å². The maximum atomic E-state index is 13.6. The van der Waals surface area contributed by atoms with Crippen LogP contribution in [-0.4, -0.2) is 52.9 Å². The van der Waals surface area contributed by atoms with E-state index in [0.29, 0.717) is 25.9 Å². The van der Waals surface area contributed by atoms with Gasteiger partial charge in [-0.2, -0.15) is 0 Å². The molecule has 0 saturated heterocycles. The van der Waals surface area contributed by atoms with E-state index in [0.717, 1.165) is 54.1 Å². The molecule has 5 N–H and O–H groups in total. The second-order valence-corrected chi connectivity index (χ2v) is 9.51. The number of rotatable bonds is 13. The topological polar surface area (TPSA) is 107 Å². The van der Waals surface area contributed by atoms with Crippen molar-refractivity contribution in [2.75, 3.05) is 20.1 Å². The van der Waals surface area contributed by atoms with Crippen molar-refractivity contribution in [3.05, 3.63) is 72.1 Å². The van der Waals surface area contributed by atoms with Crippen LogP contribution in [0.3, 0.4) is 0 Å². The third-order valence-corrected chi connectivity index (χ3v) is 6.86. The molecular formula is C29H37N5O2. The van der Waals surface area contributed by atoms with Crippen LogP contribution < -0.4 is 11.1 Å². The zero-order valence-electron chi connectivity index (χ0n) is 21.1. The predicted octanol–water partition coefficient (Wildman–Crippen LogP) is 4.29. The van der Waals surface area contributed by atoms with Gasteiger partial charge in [0.05, 0.1) is 0 Å². The van der Waals surface area contributed by atoms with Gasteiger partial charge in [-0.25, -0.2) is 0 Å². The molecule has 0 bridgehead atoms. The van der Waals surface area contributed by atoms with Gasteiger partial charge >= 0.3 is 0 Å². The number of hydrogen-bond acceptors (Lipinski definition) is 3. The van der Waals surface area contributed by atoms with Crippen LogP contribution in [0.5, 0.6) is 0 Å². The summed E-state index contributed by atoms with van der Waals surface area (Å²) in [4.78, 5) is 34.7. The summed E-state index contributed by atoms with van der Waals surface area (Å²) >= 11 is 0. The minimum atomic E-state index is -0.617. The molecule has 0 aliphatic rings. The molecule has 0 aliphatic carbocycles. The lowest BCUT2D eigenvalue weighted by Crippen LogP contribution is -2.49. The molecule has 0 spiro atoms. The lowest BCUT2D eigenvalue weighted by Gasteiger charge is -2.25. The Morgan fingerprint density at radius 3 is 2.19 bits per heavy atom. The van der Waals surface area contributed by atoms with Gasteiger partial charge in [0, 0.05) is 60.6 Å². The third-order valence-electron chi connectivity index (χ3n) is 6.86. The number of aromatic nitrogens is 2. The maximum absolute atomic E-state index is 13.6. The highest BCUT2D eigenvalue weighted by Gasteiger charge is 2.25. The summed E-state index contributed by atoms with van der Waals surface area (Å²) in [5, 5.41) is 5.29. The van der Waals surface area contributed by atoms with Crippen LogP contribution in [0, 0.1) is 0 Å². The molecule has 36 heavy (non-hydrogen) atoms. The van der Waals surface area contributed by atoms with Crippen molar-refractivity contribution >= 4 is 33.6 Å². The molecule has 7 heteroatoms. The van der Waals surface area contributed by atoms with Crippen LogP contribution >= 0.6 is 0 Å². The summed E-state index contributed by atoms with van der Waals surface area (Å²) in [5.74, 6) is -0.150. The Hall–Kier alpha value is -3.58. The zero-order valence-corrected chi connectivity index (χ0v) is 21.1. The number of benzene rings is 2. The quantitative estimate of drug-likeness (QED) is 0.211. The Bertz CT molecular complexity index is 1290. The Balaban J connectivity index is 1.43. The maximum Gasteiger partial charge on any atom is 0.245 e. The highest BCUT2D eigenvalue weighted by molar-refractivity contribution is 5.89. The first-order valence-electron chi connectivity index (χ1n) is 12.9. The number of nitrogens with zero attached hydrogens (tertiary/aromatic N) is 1. The van der Waals surface area contributed by atoms with Gasteiger partial charge in [-0.05, 0) is 49.1 Å². The SMILES string of the molecule is CN(CCc1c[nH]c2ccccc12)C(=O)C(Cc1c[nH]c2ccccc12)NC(=O)CCCCCCN. The monoisotopic (exact) mass is 487 g/mol. The molecule has 0 aliphatic heterocycles. The van der Waals surface area contributed by atoms with E-state index >= 15 is 0 Å². The summed E-state index contributed by atoms with van der Waals surface area (Å²) in [6, 6.07) is 15.6. The average molecular weight is 488 g/mol. The first-order valence-corrected chi connectivity index (χ1v) is 12.9. The standard InChI is InChI=1S/C29H37N5O2/c1-34(17-15-21-19-31-25-12-7-5-10-23(21)25)29(36)27(33-28(35)14-4-2-3-9-16-30)18-22-20-32-26-13-8-6-11-24(22)26/h5-8,10-13,19-20,27,31-32H,2-4,9,14-18,30H2,1H3,(H,33,35). The minimum absolute atomic E-state index is 0.0726. The van der Waals surface area contributed by atoms with Crippen LogP contribution in [0.4, 0.5) is 0 Å². The fraction of sp³-hybridized carbons (Fsp3) is 0.379. The van der Waals surface area contributed by atoms with Gasteiger partial charge in [-0.15, -0.1) is 0 Å². The summed E-state index contributed by atoms with van der Waals surface area (Å²) in [6.07, 6.45) is 9.32. The molecule has 4 aromatic rings. The molecule has 1 atom stereocenters.